The van der Waals surface area contributed by atoms with Crippen LogP contribution in [0.2, 0.25) is 0 Å². The topological polar surface area (TPSA) is 90.0 Å². The second kappa shape index (κ2) is 8.42. The fourth-order valence-electron chi connectivity index (χ4n) is 2.99. The Morgan fingerprint density at radius 2 is 1.89 bits per heavy atom. The van der Waals surface area contributed by atoms with Crippen molar-refractivity contribution in [2.75, 3.05) is 13.2 Å². The molecule has 9 heteroatoms. The highest BCUT2D eigenvalue weighted by atomic mass is 32.2. The summed E-state index contributed by atoms with van der Waals surface area (Å²) < 4.78 is 37.5. The van der Waals surface area contributed by atoms with E-state index < -0.39 is 28.0 Å². The third-order valence-corrected chi connectivity index (χ3v) is 7.71. The summed E-state index contributed by atoms with van der Waals surface area (Å²) in [4.78, 5) is 25.2. The van der Waals surface area contributed by atoms with Crippen molar-refractivity contribution in [1.29, 1.82) is 0 Å². The zero-order valence-corrected chi connectivity index (χ0v) is 17.2. The molecule has 28 heavy (non-hydrogen) atoms. The highest BCUT2D eigenvalue weighted by molar-refractivity contribution is 7.91. The first-order chi connectivity index (χ1) is 13.3. The average molecular weight is 424 g/mol. The second-order valence-corrected chi connectivity index (χ2v) is 9.71. The fourth-order valence-corrected chi connectivity index (χ4v) is 6.05. The molecule has 3 rings (SSSR count). The van der Waals surface area contributed by atoms with Crippen molar-refractivity contribution in [3.63, 3.8) is 0 Å². The van der Waals surface area contributed by atoms with Gasteiger partial charge in [-0.3, -0.25) is 0 Å². The van der Waals surface area contributed by atoms with Crippen LogP contribution in [0.25, 0.3) is 0 Å². The molecule has 1 aromatic carbocycles. The van der Waals surface area contributed by atoms with Gasteiger partial charge in [0.25, 0.3) is 10.0 Å². The van der Waals surface area contributed by atoms with Gasteiger partial charge in [0.1, 0.15) is 16.0 Å². The van der Waals surface area contributed by atoms with Gasteiger partial charge in [0.15, 0.2) is 0 Å². The van der Waals surface area contributed by atoms with Gasteiger partial charge in [-0.25, -0.2) is 18.0 Å². The molecule has 1 atom stereocenters. The number of hydrogen-bond donors (Lipinski definition) is 0. The van der Waals surface area contributed by atoms with Gasteiger partial charge in [-0.2, -0.15) is 4.31 Å². The third-order valence-electron chi connectivity index (χ3n) is 4.34. The van der Waals surface area contributed by atoms with Crippen molar-refractivity contribution in [3.8, 4) is 5.75 Å². The van der Waals surface area contributed by atoms with Gasteiger partial charge in [0.2, 0.25) is 0 Å². The van der Waals surface area contributed by atoms with Crippen molar-refractivity contribution in [1.82, 2.24) is 4.31 Å². The normalized spacial score (nSPS) is 17.4. The molecule has 0 spiro atoms. The molecule has 7 nitrogen and oxygen atoms in total. The Kier molecular flexibility index (Phi) is 6.17. The molecule has 2 aromatic rings. The average Bonchev–Trinajstić information content (AvgIpc) is 3.32. The molecule has 0 amide bonds. The summed E-state index contributed by atoms with van der Waals surface area (Å²) in [6.07, 6.45) is 0.995. The predicted molar refractivity (Wildman–Crippen MR) is 104 cm³/mol. The van der Waals surface area contributed by atoms with Crippen LogP contribution in [-0.2, 0) is 19.6 Å². The maximum atomic E-state index is 12.9. The number of carbonyl (C=O) groups is 2. The molecule has 0 radical (unpaired) electrons. The summed E-state index contributed by atoms with van der Waals surface area (Å²) in [7, 11) is -3.74. The number of benzene rings is 1. The second-order valence-electron chi connectivity index (χ2n) is 6.30. The molecule has 0 N–H and O–H groups in total. The number of aryl methyl sites for hydroxylation is 1. The molecule has 0 unspecified atom stereocenters. The minimum Gasteiger partial charge on any atom is -0.462 e. The van der Waals surface area contributed by atoms with E-state index in [1.807, 2.05) is 6.92 Å². The zero-order chi connectivity index (χ0) is 20.3. The van der Waals surface area contributed by atoms with Gasteiger partial charge in [-0.05, 0) is 63.1 Å². The Morgan fingerprint density at radius 1 is 1.18 bits per heavy atom. The van der Waals surface area contributed by atoms with Crippen LogP contribution in [0.15, 0.2) is 40.6 Å². The number of hydrogen-bond acceptors (Lipinski definition) is 7. The highest BCUT2D eigenvalue weighted by Gasteiger charge is 2.41. The number of ether oxygens (including phenoxy) is 2. The minimum absolute atomic E-state index is 0.225. The van der Waals surface area contributed by atoms with E-state index >= 15 is 0 Å². The summed E-state index contributed by atoms with van der Waals surface area (Å²) in [5, 5.41) is 0. The van der Waals surface area contributed by atoms with E-state index in [0.29, 0.717) is 18.4 Å². The quantitative estimate of drug-likeness (QED) is 0.524. The molecule has 0 aliphatic carbocycles. The van der Waals surface area contributed by atoms with E-state index in [9.17, 15) is 18.0 Å². The van der Waals surface area contributed by atoms with E-state index in [0.717, 1.165) is 4.88 Å². The molecular formula is C19H21NO6S2. The zero-order valence-electron chi connectivity index (χ0n) is 15.6. The monoisotopic (exact) mass is 423 g/mol. The van der Waals surface area contributed by atoms with Gasteiger partial charge in [-0.1, -0.05) is 0 Å². The smallest absolute Gasteiger partial charge is 0.338 e. The molecule has 0 bridgehead atoms. The maximum Gasteiger partial charge on any atom is 0.338 e. The molecule has 2 heterocycles. The van der Waals surface area contributed by atoms with Gasteiger partial charge in [-0.15, -0.1) is 11.3 Å². The Labute approximate surface area is 167 Å². The fraction of sp³-hybridized carbons (Fsp3) is 0.368. The van der Waals surface area contributed by atoms with Crippen LogP contribution in [0, 0.1) is 6.92 Å². The number of nitrogens with zero attached hydrogens (tertiary/aromatic N) is 1. The van der Waals surface area contributed by atoms with Crippen LogP contribution in [0.5, 0.6) is 5.75 Å². The summed E-state index contributed by atoms with van der Waals surface area (Å²) in [5.74, 6) is -0.841. The number of carbonyl (C=O) groups excluding carboxylic acids is 2. The molecule has 1 aliphatic heterocycles. The molecule has 1 aliphatic rings. The first-order valence-corrected chi connectivity index (χ1v) is 11.2. The molecule has 0 saturated carbocycles. The molecule has 150 valence electrons. The van der Waals surface area contributed by atoms with Gasteiger partial charge in [0, 0.05) is 11.4 Å². The van der Waals surface area contributed by atoms with Crippen LogP contribution in [-0.4, -0.2) is 43.9 Å². The van der Waals surface area contributed by atoms with Crippen LogP contribution < -0.4 is 4.74 Å². The van der Waals surface area contributed by atoms with E-state index in [1.54, 1.807) is 19.1 Å². The van der Waals surface area contributed by atoms with E-state index in [-0.39, 0.29) is 23.1 Å². The number of sulfonamides is 1. The lowest BCUT2D eigenvalue weighted by molar-refractivity contribution is -0.137. The Bertz CT molecular complexity index is 965. The lowest BCUT2D eigenvalue weighted by Crippen LogP contribution is -2.42. The molecule has 1 saturated heterocycles. The van der Waals surface area contributed by atoms with Crippen molar-refractivity contribution < 1.29 is 27.5 Å². The van der Waals surface area contributed by atoms with E-state index in [2.05, 4.69) is 0 Å². The standard InChI is InChI=1S/C19H21NO6S2/c1-3-25-18(21)14-7-9-15(10-8-14)26-19(22)16-5-4-12-20(16)28(23,24)17-11-6-13(2)27-17/h6-11,16H,3-5,12H2,1-2H3/t16-/m1/s1. The number of thiophene rings is 1. The van der Waals surface area contributed by atoms with Crippen molar-refractivity contribution in [2.45, 2.75) is 36.9 Å². The third kappa shape index (κ3) is 4.26. The first-order valence-electron chi connectivity index (χ1n) is 8.90. The van der Waals surface area contributed by atoms with Crippen LogP contribution >= 0.6 is 11.3 Å². The maximum absolute atomic E-state index is 12.9. The van der Waals surface area contributed by atoms with Crippen molar-refractivity contribution in [2.24, 2.45) is 0 Å². The lowest BCUT2D eigenvalue weighted by Gasteiger charge is -2.21. The van der Waals surface area contributed by atoms with Crippen molar-refractivity contribution >= 4 is 33.3 Å². The molecule has 1 aromatic heterocycles. The largest absolute Gasteiger partial charge is 0.462 e. The Morgan fingerprint density at radius 3 is 2.50 bits per heavy atom. The van der Waals surface area contributed by atoms with Gasteiger partial charge in [0.05, 0.1) is 12.2 Å². The van der Waals surface area contributed by atoms with Crippen LogP contribution in [0.3, 0.4) is 0 Å². The Balaban J connectivity index is 1.72. The molecule has 1 fully saturated rings. The summed E-state index contributed by atoms with van der Waals surface area (Å²) in [5.41, 5.74) is 0.347. The van der Waals surface area contributed by atoms with Crippen molar-refractivity contribution in [3.05, 3.63) is 46.8 Å². The summed E-state index contributed by atoms with van der Waals surface area (Å²) >= 11 is 1.18. The first kappa shape index (κ1) is 20.5. The number of esters is 2. The van der Waals surface area contributed by atoms with E-state index in [1.165, 1.54) is 39.9 Å². The van der Waals surface area contributed by atoms with Crippen LogP contribution in [0.1, 0.15) is 35.0 Å². The predicted octanol–water partition coefficient (Wildman–Crippen LogP) is 2.99. The number of rotatable bonds is 6. The SMILES string of the molecule is CCOC(=O)c1ccc(OC(=O)[C@H]2CCCN2S(=O)(=O)c2ccc(C)s2)cc1. The summed E-state index contributed by atoms with van der Waals surface area (Å²) in [6, 6.07) is 8.41. The lowest BCUT2D eigenvalue weighted by atomic mass is 10.2. The molecular weight excluding hydrogens is 402 g/mol. The van der Waals surface area contributed by atoms with Gasteiger partial charge < -0.3 is 9.47 Å². The minimum atomic E-state index is -3.74. The Hall–Kier alpha value is -2.23. The highest BCUT2D eigenvalue weighted by Crippen LogP contribution is 2.31. The van der Waals surface area contributed by atoms with Gasteiger partial charge >= 0.3 is 11.9 Å². The summed E-state index contributed by atoms with van der Waals surface area (Å²) in [6.45, 7) is 4.10. The van der Waals surface area contributed by atoms with Crippen LogP contribution in [0.4, 0.5) is 0 Å². The van der Waals surface area contributed by atoms with E-state index in [4.69, 9.17) is 9.47 Å².